The van der Waals surface area contributed by atoms with Gasteiger partial charge in [0.2, 0.25) is 0 Å². The topological polar surface area (TPSA) is 67.5 Å². The molecule has 6 heteroatoms. The monoisotopic (exact) mass is 327 g/mol. The predicted molar refractivity (Wildman–Crippen MR) is 93.9 cm³/mol. The van der Waals surface area contributed by atoms with Crippen LogP contribution in [0.5, 0.6) is 0 Å². The fourth-order valence-electron chi connectivity index (χ4n) is 2.42. The van der Waals surface area contributed by atoms with E-state index in [2.05, 4.69) is 22.4 Å². The highest BCUT2D eigenvalue weighted by molar-refractivity contribution is 8.14. The van der Waals surface area contributed by atoms with Gasteiger partial charge in [0.1, 0.15) is 0 Å². The SMILES string of the molecule is O=[N+]([O-])c1ccc([C@@H]2CN=C(NCCc3ccccc3)S2)cc1. The standard InChI is InChI=1S/C17H17N3O2S/c21-20(22)15-8-6-14(7-9-15)16-12-19-17(23-16)18-11-10-13-4-2-1-3-5-13/h1-9,16H,10-12H2,(H,18,19)/t16-/m0/s1. The summed E-state index contributed by atoms with van der Waals surface area (Å²) >= 11 is 1.68. The Morgan fingerprint density at radius 3 is 2.61 bits per heavy atom. The van der Waals surface area contributed by atoms with E-state index >= 15 is 0 Å². The number of hydrogen-bond acceptors (Lipinski definition) is 5. The molecule has 0 fully saturated rings. The van der Waals surface area contributed by atoms with E-state index in [1.807, 2.05) is 30.3 Å². The van der Waals surface area contributed by atoms with E-state index in [4.69, 9.17) is 0 Å². The van der Waals surface area contributed by atoms with Gasteiger partial charge in [-0.15, -0.1) is 0 Å². The van der Waals surface area contributed by atoms with Gasteiger partial charge in [-0.3, -0.25) is 15.1 Å². The highest BCUT2D eigenvalue weighted by atomic mass is 32.2. The minimum absolute atomic E-state index is 0.124. The van der Waals surface area contributed by atoms with Crippen LogP contribution >= 0.6 is 11.8 Å². The molecule has 0 spiro atoms. The first-order chi connectivity index (χ1) is 11.2. The molecule has 3 rings (SSSR count). The Hall–Kier alpha value is -2.34. The molecule has 1 atom stereocenters. The number of nitrogens with one attached hydrogen (secondary N) is 1. The van der Waals surface area contributed by atoms with Crippen LogP contribution in [0.15, 0.2) is 59.6 Å². The van der Waals surface area contributed by atoms with Crippen molar-refractivity contribution in [2.24, 2.45) is 4.99 Å². The van der Waals surface area contributed by atoms with Crippen LogP contribution in [0.3, 0.4) is 0 Å². The average molecular weight is 327 g/mol. The summed E-state index contributed by atoms with van der Waals surface area (Å²) in [6.45, 7) is 1.55. The van der Waals surface area contributed by atoms with Crippen molar-refractivity contribution in [1.29, 1.82) is 0 Å². The minimum Gasteiger partial charge on any atom is -0.365 e. The van der Waals surface area contributed by atoms with Crippen molar-refractivity contribution in [3.63, 3.8) is 0 Å². The van der Waals surface area contributed by atoms with Gasteiger partial charge in [0.25, 0.3) is 5.69 Å². The molecule has 1 aliphatic rings. The maximum atomic E-state index is 10.7. The van der Waals surface area contributed by atoms with Crippen molar-refractivity contribution in [2.45, 2.75) is 11.7 Å². The Kier molecular flexibility index (Phi) is 4.92. The van der Waals surface area contributed by atoms with Gasteiger partial charge in [-0.1, -0.05) is 54.2 Å². The van der Waals surface area contributed by atoms with Crippen molar-refractivity contribution in [3.05, 3.63) is 75.8 Å². The van der Waals surface area contributed by atoms with Crippen LogP contribution in [0.2, 0.25) is 0 Å². The molecule has 0 saturated carbocycles. The van der Waals surface area contributed by atoms with Gasteiger partial charge < -0.3 is 5.32 Å². The smallest absolute Gasteiger partial charge is 0.269 e. The number of thioether (sulfide) groups is 1. The maximum absolute atomic E-state index is 10.7. The van der Waals surface area contributed by atoms with Crippen LogP contribution in [0.25, 0.3) is 0 Å². The first-order valence-corrected chi connectivity index (χ1v) is 8.33. The average Bonchev–Trinajstić information content (AvgIpc) is 3.05. The molecule has 2 aromatic carbocycles. The van der Waals surface area contributed by atoms with Crippen molar-refractivity contribution in [2.75, 3.05) is 13.1 Å². The van der Waals surface area contributed by atoms with Gasteiger partial charge in [0.05, 0.1) is 16.7 Å². The second kappa shape index (κ2) is 7.28. The van der Waals surface area contributed by atoms with Crippen molar-refractivity contribution in [3.8, 4) is 0 Å². The second-order valence-corrected chi connectivity index (χ2v) is 6.45. The van der Waals surface area contributed by atoms with Crippen LogP contribution in [0, 0.1) is 10.1 Å². The molecule has 0 amide bonds. The number of rotatable bonds is 5. The summed E-state index contributed by atoms with van der Waals surface area (Å²) in [4.78, 5) is 14.8. The van der Waals surface area contributed by atoms with Crippen LogP contribution in [0.4, 0.5) is 5.69 Å². The summed E-state index contributed by atoms with van der Waals surface area (Å²) in [5, 5.41) is 15.2. The highest BCUT2D eigenvalue weighted by Crippen LogP contribution is 2.34. The first-order valence-electron chi connectivity index (χ1n) is 7.45. The number of amidine groups is 1. The lowest BCUT2D eigenvalue weighted by Gasteiger charge is -2.09. The van der Waals surface area contributed by atoms with E-state index in [0.29, 0.717) is 6.54 Å². The molecule has 0 bridgehead atoms. The lowest BCUT2D eigenvalue weighted by atomic mass is 10.1. The van der Waals surface area contributed by atoms with Crippen molar-refractivity contribution < 1.29 is 4.92 Å². The molecule has 5 nitrogen and oxygen atoms in total. The Bertz CT molecular complexity index is 702. The van der Waals surface area contributed by atoms with Crippen LogP contribution < -0.4 is 5.32 Å². The molecule has 0 radical (unpaired) electrons. The zero-order chi connectivity index (χ0) is 16.1. The molecule has 1 aliphatic heterocycles. The lowest BCUT2D eigenvalue weighted by molar-refractivity contribution is -0.384. The summed E-state index contributed by atoms with van der Waals surface area (Å²) in [5.41, 5.74) is 2.50. The van der Waals surface area contributed by atoms with Crippen LogP contribution in [0.1, 0.15) is 16.4 Å². The van der Waals surface area contributed by atoms with E-state index in [1.165, 1.54) is 5.56 Å². The van der Waals surface area contributed by atoms with Gasteiger partial charge in [-0.05, 0) is 17.5 Å². The molecule has 118 valence electrons. The Morgan fingerprint density at radius 1 is 1.17 bits per heavy atom. The van der Waals surface area contributed by atoms with Crippen molar-refractivity contribution in [1.82, 2.24) is 5.32 Å². The molecule has 1 heterocycles. The quantitative estimate of drug-likeness (QED) is 0.673. The fraction of sp³-hybridized carbons (Fsp3) is 0.235. The Labute approximate surface area is 139 Å². The van der Waals surface area contributed by atoms with Gasteiger partial charge in [0, 0.05) is 18.7 Å². The highest BCUT2D eigenvalue weighted by Gasteiger charge is 2.21. The maximum Gasteiger partial charge on any atom is 0.269 e. The molecule has 0 saturated heterocycles. The number of nitrogens with zero attached hydrogens (tertiary/aromatic N) is 2. The molecule has 2 aromatic rings. The second-order valence-electron chi connectivity index (χ2n) is 5.26. The summed E-state index contributed by atoms with van der Waals surface area (Å²) in [6.07, 6.45) is 0.961. The van der Waals surface area contributed by atoms with Crippen LogP contribution in [-0.4, -0.2) is 23.2 Å². The zero-order valence-electron chi connectivity index (χ0n) is 12.5. The third-order valence-corrected chi connectivity index (χ3v) is 4.87. The molecule has 23 heavy (non-hydrogen) atoms. The Balaban J connectivity index is 1.49. The number of nitro groups is 1. The van der Waals surface area contributed by atoms with E-state index in [-0.39, 0.29) is 15.9 Å². The molecule has 0 unspecified atom stereocenters. The minimum atomic E-state index is -0.376. The summed E-state index contributed by atoms with van der Waals surface area (Å²) in [7, 11) is 0. The number of aliphatic imine (C=N–C) groups is 1. The van der Waals surface area contributed by atoms with Crippen LogP contribution in [-0.2, 0) is 6.42 Å². The number of hydrogen-bond donors (Lipinski definition) is 1. The summed E-state index contributed by atoms with van der Waals surface area (Å²) in [6, 6.07) is 17.1. The van der Waals surface area contributed by atoms with Gasteiger partial charge >= 0.3 is 0 Å². The normalized spacial score (nSPS) is 16.9. The molecule has 1 N–H and O–H groups in total. The lowest BCUT2D eigenvalue weighted by Crippen LogP contribution is -2.21. The third kappa shape index (κ3) is 4.10. The summed E-state index contributed by atoms with van der Waals surface area (Å²) in [5.74, 6) is 0. The van der Waals surface area contributed by atoms with Crippen molar-refractivity contribution >= 4 is 22.6 Å². The zero-order valence-corrected chi connectivity index (χ0v) is 13.3. The largest absolute Gasteiger partial charge is 0.365 e. The molecule has 0 aromatic heterocycles. The number of nitro benzene ring substituents is 1. The number of non-ortho nitro benzene ring substituents is 1. The van der Waals surface area contributed by atoms with Gasteiger partial charge in [-0.25, -0.2) is 0 Å². The fourth-order valence-corrected chi connectivity index (χ4v) is 3.46. The van der Waals surface area contributed by atoms with E-state index in [1.54, 1.807) is 23.9 Å². The first kappa shape index (κ1) is 15.6. The molecular formula is C17H17N3O2S. The van der Waals surface area contributed by atoms with E-state index < -0.39 is 0 Å². The summed E-state index contributed by atoms with van der Waals surface area (Å²) < 4.78 is 0. The van der Waals surface area contributed by atoms with E-state index in [0.717, 1.165) is 23.7 Å². The third-order valence-electron chi connectivity index (χ3n) is 3.66. The number of benzene rings is 2. The van der Waals surface area contributed by atoms with Gasteiger partial charge in [-0.2, -0.15) is 0 Å². The molecular weight excluding hydrogens is 310 g/mol. The molecule has 0 aliphatic carbocycles. The Morgan fingerprint density at radius 2 is 1.91 bits per heavy atom. The van der Waals surface area contributed by atoms with E-state index in [9.17, 15) is 10.1 Å². The van der Waals surface area contributed by atoms with Gasteiger partial charge in [0.15, 0.2) is 5.17 Å². The predicted octanol–water partition coefficient (Wildman–Crippen LogP) is 3.57.